The largest absolute Gasteiger partial charge is 0.316 e. The molecular weight excluding hydrogens is 265 g/mol. The van der Waals surface area contributed by atoms with Gasteiger partial charge in [-0.1, -0.05) is 49.0 Å². The normalized spacial score (nSPS) is 18.2. The van der Waals surface area contributed by atoms with Gasteiger partial charge in [-0.05, 0) is 43.5 Å². The summed E-state index contributed by atoms with van der Waals surface area (Å²) in [6.07, 6.45) is 6.08. The second kappa shape index (κ2) is 6.27. The van der Waals surface area contributed by atoms with E-state index in [9.17, 15) is 0 Å². The van der Waals surface area contributed by atoms with Crippen molar-refractivity contribution in [3.05, 3.63) is 33.8 Å². The fraction of sp³-hybridized carbons (Fsp3) is 0.600. The number of hydrogen-bond donors (Lipinski definition) is 1. The van der Waals surface area contributed by atoms with E-state index in [1.165, 1.54) is 25.7 Å². The van der Waals surface area contributed by atoms with Crippen LogP contribution in [0.2, 0.25) is 10.0 Å². The van der Waals surface area contributed by atoms with Crippen LogP contribution in [0, 0.1) is 0 Å². The number of rotatable bonds is 5. The molecule has 2 rings (SSSR count). The molecule has 1 nitrogen and oxygen atoms in total. The molecule has 0 heterocycles. The third-order valence-corrected chi connectivity index (χ3v) is 4.57. The van der Waals surface area contributed by atoms with E-state index in [2.05, 4.69) is 12.2 Å². The van der Waals surface area contributed by atoms with Crippen molar-refractivity contribution in [1.29, 1.82) is 0 Å². The monoisotopic (exact) mass is 285 g/mol. The van der Waals surface area contributed by atoms with E-state index in [-0.39, 0.29) is 5.41 Å². The van der Waals surface area contributed by atoms with Crippen LogP contribution in [0.1, 0.15) is 44.6 Å². The first-order chi connectivity index (χ1) is 8.69. The molecule has 0 saturated heterocycles. The quantitative estimate of drug-likeness (QED) is 0.766. The minimum absolute atomic E-state index is 0.143. The predicted molar refractivity (Wildman–Crippen MR) is 79.8 cm³/mol. The standard InChI is InChI=1S/C15H21Cl2N/c1-2-10-18-11-15(8-3-4-9-15)14-12(16)6-5-7-13(14)17/h5-7,18H,2-4,8-11H2,1H3. The smallest absolute Gasteiger partial charge is 0.0459 e. The van der Waals surface area contributed by atoms with Crippen LogP contribution >= 0.6 is 23.2 Å². The molecule has 0 atom stereocenters. The van der Waals surface area contributed by atoms with Gasteiger partial charge in [0, 0.05) is 22.0 Å². The molecule has 1 saturated carbocycles. The molecule has 0 unspecified atom stereocenters. The highest BCUT2D eigenvalue weighted by Crippen LogP contribution is 2.46. The molecular formula is C15H21Cl2N. The lowest BCUT2D eigenvalue weighted by molar-refractivity contribution is 0.406. The van der Waals surface area contributed by atoms with Crippen LogP contribution in [0.25, 0.3) is 0 Å². The highest BCUT2D eigenvalue weighted by atomic mass is 35.5. The zero-order valence-corrected chi connectivity index (χ0v) is 12.4. The fourth-order valence-electron chi connectivity index (χ4n) is 3.08. The molecule has 0 amide bonds. The summed E-state index contributed by atoms with van der Waals surface area (Å²) in [7, 11) is 0. The van der Waals surface area contributed by atoms with Crippen molar-refractivity contribution in [2.45, 2.75) is 44.4 Å². The average Bonchev–Trinajstić information content (AvgIpc) is 2.79. The van der Waals surface area contributed by atoms with Crippen LogP contribution in [0.15, 0.2) is 18.2 Å². The molecule has 0 spiro atoms. The highest BCUT2D eigenvalue weighted by Gasteiger charge is 2.38. The van der Waals surface area contributed by atoms with Crippen LogP contribution < -0.4 is 5.32 Å². The maximum atomic E-state index is 6.40. The van der Waals surface area contributed by atoms with E-state index in [1.54, 1.807) is 0 Å². The van der Waals surface area contributed by atoms with Gasteiger partial charge in [-0.3, -0.25) is 0 Å². The molecule has 0 bridgehead atoms. The molecule has 3 heteroatoms. The number of nitrogens with one attached hydrogen (secondary N) is 1. The van der Waals surface area contributed by atoms with Crippen molar-refractivity contribution in [2.75, 3.05) is 13.1 Å². The zero-order chi connectivity index (χ0) is 13.0. The molecule has 0 aromatic heterocycles. The number of benzene rings is 1. The minimum Gasteiger partial charge on any atom is -0.316 e. The second-order valence-corrected chi connectivity index (χ2v) is 6.08. The SMILES string of the molecule is CCCNCC1(c2c(Cl)cccc2Cl)CCCC1. The van der Waals surface area contributed by atoms with Crippen LogP contribution in [0.4, 0.5) is 0 Å². The number of hydrogen-bond acceptors (Lipinski definition) is 1. The summed E-state index contributed by atoms with van der Waals surface area (Å²) in [5.41, 5.74) is 1.30. The van der Waals surface area contributed by atoms with Gasteiger partial charge in [0.05, 0.1) is 0 Å². The Morgan fingerprint density at radius 3 is 2.33 bits per heavy atom. The fourth-order valence-corrected chi connectivity index (χ4v) is 3.87. The molecule has 1 aromatic carbocycles. The van der Waals surface area contributed by atoms with Crippen LogP contribution in [0.5, 0.6) is 0 Å². The number of halogens is 2. The van der Waals surface area contributed by atoms with Crippen LogP contribution in [0.3, 0.4) is 0 Å². The first kappa shape index (κ1) is 14.2. The lowest BCUT2D eigenvalue weighted by Gasteiger charge is -2.32. The molecule has 18 heavy (non-hydrogen) atoms. The molecule has 1 N–H and O–H groups in total. The van der Waals surface area contributed by atoms with Gasteiger partial charge in [-0.25, -0.2) is 0 Å². The average molecular weight is 286 g/mol. The van der Waals surface area contributed by atoms with Crippen molar-refractivity contribution in [2.24, 2.45) is 0 Å². The van der Waals surface area contributed by atoms with Crippen molar-refractivity contribution >= 4 is 23.2 Å². The van der Waals surface area contributed by atoms with Crippen molar-refractivity contribution in [3.63, 3.8) is 0 Å². The summed E-state index contributed by atoms with van der Waals surface area (Å²) in [6, 6.07) is 5.85. The van der Waals surface area contributed by atoms with E-state index in [0.29, 0.717) is 0 Å². The summed E-state index contributed by atoms with van der Waals surface area (Å²) in [5, 5.41) is 5.20. The lowest BCUT2D eigenvalue weighted by Crippen LogP contribution is -2.36. The molecule has 1 aliphatic carbocycles. The molecule has 1 aromatic rings. The lowest BCUT2D eigenvalue weighted by atomic mass is 9.78. The van der Waals surface area contributed by atoms with Gasteiger partial charge >= 0.3 is 0 Å². The predicted octanol–water partition coefficient (Wildman–Crippen LogP) is 4.80. The van der Waals surface area contributed by atoms with E-state index in [1.807, 2.05) is 18.2 Å². The van der Waals surface area contributed by atoms with Gasteiger partial charge in [-0.15, -0.1) is 0 Å². The summed E-state index contributed by atoms with van der Waals surface area (Å²) in [6.45, 7) is 4.24. The van der Waals surface area contributed by atoms with Gasteiger partial charge in [0.25, 0.3) is 0 Å². The Balaban J connectivity index is 2.29. The first-order valence-electron chi connectivity index (χ1n) is 6.85. The Bertz CT molecular complexity index is 377. The Hall–Kier alpha value is -0.240. The molecule has 100 valence electrons. The van der Waals surface area contributed by atoms with E-state index >= 15 is 0 Å². The van der Waals surface area contributed by atoms with Gasteiger partial charge in [-0.2, -0.15) is 0 Å². The van der Waals surface area contributed by atoms with Gasteiger partial charge in [0.15, 0.2) is 0 Å². The molecule has 0 radical (unpaired) electrons. The van der Waals surface area contributed by atoms with E-state index in [0.717, 1.165) is 35.1 Å². The molecule has 1 fully saturated rings. The Kier molecular flexibility index (Phi) is 4.94. The summed E-state index contributed by atoms with van der Waals surface area (Å²) in [4.78, 5) is 0. The molecule has 1 aliphatic rings. The van der Waals surface area contributed by atoms with Gasteiger partial charge in [0.1, 0.15) is 0 Å². The summed E-state index contributed by atoms with van der Waals surface area (Å²) in [5.74, 6) is 0. The highest BCUT2D eigenvalue weighted by molar-refractivity contribution is 6.36. The van der Waals surface area contributed by atoms with Gasteiger partial charge < -0.3 is 5.32 Å². The van der Waals surface area contributed by atoms with Gasteiger partial charge in [0.2, 0.25) is 0 Å². The van der Waals surface area contributed by atoms with E-state index in [4.69, 9.17) is 23.2 Å². The van der Waals surface area contributed by atoms with Crippen LogP contribution in [-0.2, 0) is 5.41 Å². The van der Waals surface area contributed by atoms with Crippen molar-refractivity contribution in [1.82, 2.24) is 5.32 Å². The Morgan fingerprint density at radius 1 is 1.17 bits per heavy atom. The molecule has 0 aliphatic heterocycles. The minimum atomic E-state index is 0.143. The third-order valence-electron chi connectivity index (χ3n) is 3.94. The van der Waals surface area contributed by atoms with Crippen molar-refractivity contribution in [3.8, 4) is 0 Å². The zero-order valence-electron chi connectivity index (χ0n) is 10.9. The Morgan fingerprint density at radius 2 is 1.78 bits per heavy atom. The maximum Gasteiger partial charge on any atom is 0.0459 e. The second-order valence-electron chi connectivity index (χ2n) is 5.26. The van der Waals surface area contributed by atoms with E-state index < -0.39 is 0 Å². The van der Waals surface area contributed by atoms with Crippen molar-refractivity contribution < 1.29 is 0 Å². The summed E-state index contributed by atoms with van der Waals surface area (Å²) < 4.78 is 0. The summed E-state index contributed by atoms with van der Waals surface area (Å²) >= 11 is 12.8. The maximum absolute atomic E-state index is 6.40. The first-order valence-corrected chi connectivity index (χ1v) is 7.60. The van der Waals surface area contributed by atoms with Crippen LogP contribution in [-0.4, -0.2) is 13.1 Å². The topological polar surface area (TPSA) is 12.0 Å². The Labute approximate surface area is 120 Å². The third kappa shape index (κ3) is 2.84.